The highest BCUT2D eigenvalue weighted by molar-refractivity contribution is 5.77. The smallest absolute Gasteiger partial charge is 0.309 e. The molecule has 3 rings (SSSR count). The van der Waals surface area contributed by atoms with Crippen molar-refractivity contribution in [2.45, 2.75) is 39.5 Å². The Morgan fingerprint density at radius 2 is 2.00 bits per heavy atom. The van der Waals surface area contributed by atoms with Crippen molar-refractivity contribution in [3.8, 4) is 11.4 Å². The number of carbonyl (C=O) groups excluding carboxylic acids is 2. The second-order valence-electron chi connectivity index (χ2n) is 6.73. The molecule has 0 N–H and O–H groups in total. The Morgan fingerprint density at radius 3 is 2.70 bits per heavy atom. The average Bonchev–Trinajstić information content (AvgIpc) is 3.15. The van der Waals surface area contributed by atoms with E-state index >= 15 is 0 Å². The molecule has 1 fully saturated rings. The molecule has 1 aromatic carbocycles. The molecule has 27 heavy (non-hydrogen) atoms. The maximum atomic E-state index is 12.4. The first-order chi connectivity index (χ1) is 13.1. The molecular weight excluding hydrogens is 346 g/mol. The zero-order chi connectivity index (χ0) is 19.2. The molecule has 0 aliphatic carbocycles. The van der Waals surface area contributed by atoms with Crippen molar-refractivity contribution in [3.05, 3.63) is 35.7 Å². The van der Waals surface area contributed by atoms with Crippen molar-refractivity contribution in [2.75, 3.05) is 19.7 Å². The molecule has 0 radical (unpaired) electrons. The number of nitrogens with zero attached hydrogens (tertiary/aromatic N) is 3. The van der Waals surface area contributed by atoms with Crippen LogP contribution in [0.5, 0.6) is 0 Å². The van der Waals surface area contributed by atoms with Crippen LogP contribution in [0.3, 0.4) is 0 Å². The molecule has 2 aromatic rings. The monoisotopic (exact) mass is 371 g/mol. The summed E-state index contributed by atoms with van der Waals surface area (Å²) in [6, 6.07) is 7.84. The third-order valence-corrected chi connectivity index (χ3v) is 4.87. The van der Waals surface area contributed by atoms with Crippen LogP contribution in [0.2, 0.25) is 0 Å². The zero-order valence-corrected chi connectivity index (χ0v) is 15.8. The van der Waals surface area contributed by atoms with E-state index in [1.807, 2.05) is 31.2 Å². The summed E-state index contributed by atoms with van der Waals surface area (Å²) in [6.07, 6.45) is 2.04. The van der Waals surface area contributed by atoms with E-state index < -0.39 is 0 Å². The predicted molar refractivity (Wildman–Crippen MR) is 98.7 cm³/mol. The largest absolute Gasteiger partial charge is 0.466 e. The van der Waals surface area contributed by atoms with Crippen LogP contribution in [0.15, 0.2) is 28.8 Å². The van der Waals surface area contributed by atoms with Crippen LogP contribution in [-0.4, -0.2) is 46.6 Å². The number of aryl methyl sites for hydroxylation is 2. The summed E-state index contributed by atoms with van der Waals surface area (Å²) in [5.41, 5.74) is 2.00. The molecular formula is C20H25N3O4. The number of esters is 1. The second kappa shape index (κ2) is 8.79. The number of aromatic nitrogens is 2. The van der Waals surface area contributed by atoms with Crippen molar-refractivity contribution in [2.24, 2.45) is 5.92 Å². The van der Waals surface area contributed by atoms with E-state index in [1.165, 1.54) is 0 Å². The molecule has 0 bridgehead atoms. The van der Waals surface area contributed by atoms with Crippen molar-refractivity contribution < 1.29 is 18.8 Å². The molecule has 7 heteroatoms. The quantitative estimate of drug-likeness (QED) is 0.726. The number of ether oxygens (including phenoxy) is 1. The molecule has 0 atom stereocenters. The normalized spacial score (nSPS) is 15.0. The fraction of sp³-hybridized carbons (Fsp3) is 0.500. The fourth-order valence-corrected chi connectivity index (χ4v) is 3.29. The Balaban J connectivity index is 1.49. The summed E-state index contributed by atoms with van der Waals surface area (Å²) < 4.78 is 10.4. The lowest BCUT2D eigenvalue weighted by Crippen LogP contribution is -2.40. The van der Waals surface area contributed by atoms with Gasteiger partial charge in [-0.05, 0) is 32.3 Å². The van der Waals surface area contributed by atoms with Gasteiger partial charge in [-0.3, -0.25) is 9.59 Å². The minimum Gasteiger partial charge on any atom is -0.466 e. The van der Waals surface area contributed by atoms with Gasteiger partial charge in [-0.1, -0.05) is 29.4 Å². The standard InChI is InChI=1S/C20H25N3O4/c1-3-26-20(25)15-10-12-23(13-11-15)18(24)9-8-17-21-19(22-27-17)16-7-5-4-6-14(16)2/h4-7,15H,3,8-13H2,1-2H3. The highest BCUT2D eigenvalue weighted by Gasteiger charge is 2.28. The van der Waals surface area contributed by atoms with Gasteiger partial charge in [0.25, 0.3) is 0 Å². The Morgan fingerprint density at radius 1 is 1.26 bits per heavy atom. The number of amides is 1. The number of benzene rings is 1. The maximum Gasteiger partial charge on any atom is 0.309 e. The first-order valence-electron chi connectivity index (χ1n) is 9.41. The van der Waals surface area contributed by atoms with Gasteiger partial charge in [0.1, 0.15) is 0 Å². The molecule has 0 saturated carbocycles. The van der Waals surface area contributed by atoms with Crippen molar-refractivity contribution in [1.82, 2.24) is 15.0 Å². The molecule has 1 aliphatic rings. The highest BCUT2D eigenvalue weighted by atomic mass is 16.5. The predicted octanol–water partition coefficient (Wildman–Crippen LogP) is 2.78. The minimum atomic E-state index is -0.154. The molecule has 2 heterocycles. The van der Waals surface area contributed by atoms with Crippen LogP contribution in [0.1, 0.15) is 37.6 Å². The number of hydrogen-bond acceptors (Lipinski definition) is 6. The van der Waals surface area contributed by atoms with Gasteiger partial charge in [0.15, 0.2) is 0 Å². The van der Waals surface area contributed by atoms with Crippen LogP contribution in [0.25, 0.3) is 11.4 Å². The minimum absolute atomic E-state index is 0.0490. The van der Waals surface area contributed by atoms with Gasteiger partial charge in [0, 0.05) is 31.5 Å². The summed E-state index contributed by atoms with van der Waals surface area (Å²) in [4.78, 5) is 30.4. The lowest BCUT2D eigenvalue weighted by atomic mass is 9.97. The highest BCUT2D eigenvalue weighted by Crippen LogP contribution is 2.21. The lowest BCUT2D eigenvalue weighted by molar-refractivity contribution is -0.151. The Kier molecular flexibility index (Phi) is 6.21. The fourth-order valence-electron chi connectivity index (χ4n) is 3.29. The van der Waals surface area contributed by atoms with E-state index in [0.29, 0.717) is 57.1 Å². The summed E-state index contributed by atoms with van der Waals surface area (Å²) in [5, 5.41) is 4.02. The molecule has 0 unspecified atom stereocenters. The van der Waals surface area contributed by atoms with E-state index in [4.69, 9.17) is 9.26 Å². The molecule has 7 nitrogen and oxygen atoms in total. The van der Waals surface area contributed by atoms with E-state index in [2.05, 4.69) is 10.1 Å². The third-order valence-electron chi connectivity index (χ3n) is 4.87. The van der Waals surface area contributed by atoms with Crippen molar-refractivity contribution in [3.63, 3.8) is 0 Å². The summed E-state index contributed by atoms with van der Waals surface area (Å²) in [5.74, 6) is 0.808. The molecule has 144 valence electrons. The summed E-state index contributed by atoms with van der Waals surface area (Å²) in [7, 11) is 0. The first-order valence-corrected chi connectivity index (χ1v) is 9.41. The number of carbonyl (C=O) groups is 2. The van der Waals surface area contributed by atoms with E-state index in [1.54, 1.807) is 11.8 Å². The van der Waals surface area contributed by atoms with Crippen LogP contribution >= 0.6 is 0 Å². The van der Waals surface area contributed by atoms with Gasteiger partial charge < -0.3 is 14.2 Å². The van der Waals surface area contributed by atoms with Gasteiger partial charge >= 0.3 is 5.97 Å². The van der Waals surface area contributed by atoms with Gasteiger partial charge in [-0.2, -0.15) is 4.98 Å². The topological polar surface area (TPSA) is 85.5 Å². The Hall–Kier alpha value is -2.70. The van der Waals surface area contributed by atoms with Gasteiger partial charge in [-0.25, -0.2) is 0 Å². The van der Waals surface area contributed by atoms with E-state index in [9.17, 15) is 9.59 Å². The second-order valence-corrected chi connectivity index (χ2v) is 6.73. The van der Waals surface area contributed by atoms with E-state index in [-0.39, 0.29) is 17.8 Å². The van der Waals surface area contributed by atoms with Crippen LogP contribution < -0.4 is 0 Å². The maximum absolute atomic E-state index is 12.4. The first kappa shape index (κ1) is 19.1. The van der Waals surface area contributed by atoms with Crippen LogP contribution in [-0.2, 0) is 20.7 Å². The van der Waals surface area contributed by atoms with Crippen molar-refractivity contribution in [1.29, 1.82) is 0 Å². The summed E-state index contributed by atoms with van der Waals surface area (Å²) >= 11 is 0. The third kappa shape index (κ3) is 4.72. The van der Waals surface area contributed by atoms with Crippen molar-refractivity contribution >= 4 is 11.9 Å². The lowest BCUT2D eigenvalue weighted by Gasteiger charge is -2.30. The van der Waals surface area contributed by atoms with Gasteiger partial charge in [-0.15, -0.1) is 0 Å². The SMILES string of the molecule is CCOC(=O)C1CCN(C(=O)CCc2nc(-c3ccccc3C)no2)CC1. The average molecular weight is 371 g/mol. The Bertz CT molecular complexity index is 794. The molecule has 1 aromatic heterocycles. The molecule has 0 spiro atoms. The summed E-state index contributed by atoms with van der Waals surface area (Å²) in [6.45, 7) is 5.36. The number of rotatable bonds is 6. The van der Waals surface area contributed by atoms with Gasteiger partial charge in [0.05, 0.1) is 12.5 Å². The molecule has 1 aliphatic heterocycles. The van der Waals surface area contributed by atoms with Gasteiger partial charge in [0.2, 0.25) is 17.6 Å². The Labute approximate surface area is 158 Å². The molecule has 1 amide bonds. The van der Waals surface area contributed by atoms with Crippen LogP contribution in [0, 0.1) is 12.8 Å². The number of likely N-dealkylation sites (tertiary alicyclic amines) is 1. The van der Waals surface area contributed by atoms with Crippen LogP contribution in [0.4, 0.5) is 0 Å². The van der Waals surface area contributed by atoms with E-state index in [0.717, 1.165) is 11.1 Å². The zero-order valence-electron chi connectivity index (χ0n) is 15.8. The molecule has 1 saturated heterocycles. The number of hydrogen-bond donors (Lipinski definition) is 0. The number of piperidine rings is 1.